The maximum Gasteiger partial charge on any atom is 0.159 e. The summed E-state index contributed by atoms with van der Waals surface area (Å²) in [5, 5.41) is 0. The van der Waals surface area contributed by atoms with E-state index in [1.807, 2.05) is 23.9 Å². The molecule has 0 spiro atoms. The summed E-state index contributed by atoms with van der Waals surface area (Å²) in [6.07, 6.45) is 1.06. The number of thioether (sulfide) groups is 1. The number of ketones is 1. The van der Waals surface area contributed by atoms with Crippen LogP contribution >= 0.6 is 11.8 Å². The van der Waals surface area contributed by atoms with E-state index in [1.165, 1.54) is 0 Å². The van der Waals surface area contributed by atoms with Crippen LogP contribution in [0.15, 0.2) is 24.3 Å². The molecule has 1 aromatic rings. The Morgan fingerprint density at radius 3 is 2.56 bits per heavy atom. The fourth-order valence-corrected chi connectivity index (χ4v) is 1.89. The number of carbonyl (C=O) groups is 1. The largest absolute Gasteiger partial charge is 0.494 e. The topological polar surface area (TPSA) is 26.3 Å². The third-order valence-electron chi connectivity index (χ3n) is 2.17. The molecule has 0 aromatic heterocycles. The van der Waals surface area contributed by atoms with Crippen molar-refractivity contribution in [1.29, 1.82) is 0 Å². The first-order chi connectivity index (χ1) is 7.74. The fourth-order valence-electron chi connectivity index (χ4n) is 1.28. The van der Waals surface area contributed by atoms with Gasteiger partial charge in [-0.3, -0.25) is 4.79 Å². The molecule has 0 atom stereocenters. The Bertz CT molecular complexity index is 319. The van der Waals surface area contributed by atoms with Crippen molar-refractivity contribution in [1.82, 2.24) is 0 Å². The van der Waals surface area contributed by atoms with Gasteiger partial charge in [0.1, 0.15) is 5.75 Å². The van der Waals surface area contributed by atoms with Crippen LogP contribution in [-0.2, 0) is 0 Å². The van der Waals surface area contributed by atoms with E-state index in [0.29, 0.717) is 0 Å². The number of hydrogen-bond acceptors (Lipinski definition) is 3. The first-order valence-electron chi connectivity index (χ1n) is 5.55. The molecule has 0 saturated carbocycles. The van der Waals surface area contributed by atoms with Crippen LogP contribution in [-0.4, -0.2) is 23.9 Å². The molecule has 2 nitrogen and oxygen atoms in total. The molecule has 0 saturated heterocycles. The second kappa shape index (κ2) is 7.34. The summed E-state index contributed by atoms with van der Waals surface area (Å²) < 4.78 is 5.56. The maximum absolute atomic E-state index is 11.0. The van der Waals surface area contributed by atoms with E-state index in [0.717, 1.165) is 35.8 Å². The van der Waals surface area contributed by atoms with Gasteiger partial charge in [-0.05, 0) is 49.1 Å². The number of carbonyl (C=O) groups excluding carboxylic acids is 1. The minimum atomic E-state index is 0.0888. The maximum atomic E-state index is 11.0. The summed E-state index contributed by atoms with van der Waals surface area (Å²) in [6.45, 7) is 4.47. The molecule has 0 fully saturated rings. The molecule has 3 heteroatoms. The molecule has 16 heavy (non-hydrogen) atoms. The second-order valence-electron chi connectivity index (χ2n) is 3.48. The van der Waals surface area contributed by atoms with Gasteiger partial charge < -0.3 is 4.74 Å². The Kier molecular flexibility index (Phi) is 6.01. The summed E-state index contributed by atoms with van der Waals surface area (Å²) >= 11 is 1.92. The number of Topliss-reactive ketones (excluding diaryl/α,β-unsaturated/α-hetero) is 1. The molecule has 0 amide bonds. The lowest BCUT2D eigenvalue weighted by molar-refractivity contribution is 0.101. The average molecular weight is 238 g/mol. The highest BCUT2D eigenvalue weighted by atomic mass is 32.2. The van der Waals surface area contributed by atoms with Gasteiger partial charge in [0.2, 0.25) is 0 Å². The van der Waals surface area contributed by atoms with Gasteiger partial charge in [-0.2, -0.15) is 11.8 Å². The Balaban J connectivity index is 2.29. The van der Waals surface area contributed by atoms with Crippen LogP contribution in [0.1, 0.15) is 30.6 Å². The van der Waals surface area contributed by atoms with E-state index in [-0.39, 0.29) is 5.78 Å². The summed E-state index contributed by atoms with van der Waals surface area (Å²) in [5.41, 5.74) is 0.730. The van der Waals surface area contributed by atoms with Crippen LogP contribution in [0.25, 0.3) is 0 Å². The van der Waals surface area contributed by atoms with Crippen molar-refractivity contribution in [3.63, 3.8) is 0 Å². The molecule has 0 radical (unpaired) electrons. The van der Waals surface area contributed by atoms with Crippen molar-refractivity contribution in [2.24, 2.45) is 0 Å². The van der Waals surface area contributed by atoms with E-state index >= 15 is 0 Å². The minimum absolute atomic E-state index is 0.0888. The highest BCUT2D eigenvalue weighted by molar-refractivity contribution is 7.99. The van der Waals surface area contributed by atoms with Crippen LogP contribution in [0, 0.1) is 0 Å². The van der Waals surface area contributed by atoms with Crippen LogP contribution in [0.2, 0.25) is 0 Å². The summed E-state index contributed by atoms with van der Waals surface area (Å²) in [4.78, 5) is 11.0. The van der Waals surface area contributed by atoms with Crippen molar-refractivity contribution in [3.05, 3.63) is 29.8 Å². The van der Waals surface area contributed by atoms with Crippen LogP contribution in [0.3, 0.4) is 0 Å². The van der Waals surface area contributed by atoms with Gasteiger partial charge in [0.25, 0.3) is 0 Å². The Labute approximate surface area is 101 Å². The third kappa shape index (κ3) is 4.71. The molecule has 88 valence electrons. The standard InChI is InChI=1S/C13H18O2S/c1-3-16-10-4-9-15-13-7-5-12(6-8-13)11(2)14/h5-8H,3-4,9-10H2,1-2H3. The van der Waals surface area contributed by atoms with Crippen molar-refractivity contribution in [2.75, 3.05) is 18.1 Å². The monoisotopic (exact) mass is 238 g/mol. The van der Waals surface area contributed by atoms with E-state index in [9.17, 15) is 4.79 Å². The number of ether oxygens (including phenoxy) is 1. The summed E-state index contributed by atoms with van der Waals surface area (Å²) in [7, 11) is 0. The van der Waals surface area contributed by atoms with Gasteiger partial charge in [0.15, 0.2) is 5.78 Å². The van der Waals surface area contributed by atoms with E-state index in [1.54, 1.807) is 19.1 Å². The van der Waals surface area contributed by atoms with Crippen LogP contribution in [0.4, 0.5) is 0 Å². The average Bonchev–Trinajstić information content (AvgIpc) is 2.29. The Hall–Kier alpha value is -0.960. The quantitative estimate of drug-likeness (QED) is 0.538. The zero-order valence-corrected chi connectivity index (χ0v) is 10.7. The molecule has 0 unspecified atom stereocenters. The van der Waals surface area contributed by atoms with Gasteiger partial charge >= 0.3 is 0 Å². The molecule has 0 aliphatic heterocycles. The number of benzene rings is 1. The highest BCUT2D eigenvalue weighted by Crippen LogP contribution is 2.13. The minimum Gasteiger partial charge on any atom is -0.494 e. The van der Waals surface area contributed by atoms with Gasteiger partial charge in [-0.1, -0.05) is 6.92 Å². The first kappa shape index (κ1) is 13.1. The first-order valence-corrected chi connectivity index (χ1v) is 6.71. The highest BCUT2D eigenvalue weighted by Gasteiger charge is 1.99. The Morgan fingerprint density at radius 1 is 1.31 bits per heavy atom. The molecule has 1 aromatic carbocycles. The SMILES string of the molecule is CCSCCCOc1ccc(C(C)=O)cc1. The van der Waals surface area contributed by atoms with Crippen molar-refractivity contribution in [3.8, 4) is 5.75 Å². The molecular formula is C13H18O2S. The summed E-state index contributed by atoms with van der Waals surface area (Å²) in [5.74, 6) is 3.23. The molecule has 0 bridgehead atoms. The van der Waals surface area contributed by atoms with E-state index in [2.05, 4.69) is 6.92 Å². The molecule has 0 aliphatic carbocycles. The second-order valence-corrected chi connectivity index (χ2v) is 4.87. The van der Waals surface area contributed by atoms with Crippen molar-refractivity contribution in [2.45, 2.75) is 20.3 Å². The van der Waals surface area contributed by atoms with E-state index < -0.39 is 0 Å². The van der Waals surface area contributed by atoms with Gasteiger partial charge in [-0.25, -0.2) is 0 Å². The predicted molar refractivity (Wildman–Crippen MR) is 69.6 cm³/mol. The third-order valence-corrected chi connectivity index (χ3v) is 3.15. The van der Waals surface area contributed by atoms with Gasteiger partial charge in [-0.15, -0.1) is 0 Å². The zero-order chi connectivity index (χ0) is 11.8. The number of rotatable bonds is 7. The van der Waals surface area contributed by atoms with Gasteiger partial charge in [0.05, 0.1) is 6.61 Å². The molecule has 0 heterocycles. The Morgan fingerprint density at radius 2 is 2.00 bits per heavy atom. The lowest BCUT2D eigenvalue weighted by Crippen LogP contribution is -1.99. The van der Waals surface area contributed by atoms with Crippen LogP contribution < -0.4 is 4.74 Å². The number of hydrogen-bond donors (Lipinski definition) is 0. The van der Waals surface area contributed by atoms with Crippen molar-refractivity contribution < 1.29 is 9.53 Å². The van der Waals surface area contributed by atoms with Crippen LogP contribution in [0.5, 0.6) is 5.75 Å². The lowest BCUT2D eigenvalue weighted by Gasteiger charge is -2.06. The van der Waals surface area contributed by atoms with Crippen molar-refractivity contribution >= 4 is 17.5 Å². The normalized spacial score (nSPS) is 10.1. The smallest absolute Gasteiger partial charge is 0.159 e. The zero-order valence-electron chi connectivity index (χ0n) is 9.86. The van der Waals surface area contributed by atoms with Gasteiger partial charge in [0, 0.05) is 5.56 Å². The molecule has 0 aliphatic rings. The predicted octanol–water partition coefficient (Wildman–Crippen LogP) is 3.41. The lowest BCUT2D eigenvalue weighted by atomic mass is 10.1. The molecular weight excluding hydrogens is 220 g/mol. The summed E-state index contributed by atoms with van der Waals surface area (Å²) in [6, 6.07) is 7.31. The fraction of sp³-hybridized carbons (Fsp3) is 0.462. The molecule has 0 N–H and O–H groups in total. The van der Waals surface area contributed by atoms with E-state index in [4.69, 9.17) is 4.74 Å². The molecule has 1 rings (SSSR count).